The quantitative estimate of drug-likeness (QED) is 0.737. The van der Waals surface area contributed by atoms with Crippen LogP contribution in [0.5, 0.6) is 5.75 Å². The number of H-pyrrole nitrogens is 1. The van der Waals surface area contributed by atoms with Crippen LogP contribution in [0.3, 0.4) is 0 Å². The topological polar surface area (TPSA) is 53.1 Å². The first-order valence-electron chi connectivity index (χ1n) is 4.98. The number of aromatic nitrogens is 1. The number of aromatic amines is 1. The fourth-order valence-electron chi connectivity index (χ4n) is 1.85. The molecule has 3 nitrogen and oxygen atoms in total. The van der Waals surface area contributed by atoms with Gasteiger partial charge in [0.15, 0.2) is 5.78 Å². The summed E-state index contributed by atoms with van der Waals surface area (Å²) in [6.45, 7) is 3.71. The summed E-state index contributed by atoms with van der Waals surface area (Å²) in [4.78, 5) is 14.9. The monoisotopic (exact) mass is 203 g/mol. The lowest BCUT2D eigenvalue weighted by Gasteiger charge is -1.97. The molecule has 2 N–H and O–H groups in total. The molecular weight excluding hydrogens is 190 g/mol. The van der Waals surface area contributed by atoms with Gasteiger partial charge in [0.25, 0.3) is 0 Å². The summed E-state index contributed by atoms with van der Waals surface area (Å²) in [7, 11) is 0. The maximum atomic E-state index is 11.7. The molecule has 15 heavy (non-hydrogen) atoms. The molecule has 0 atom stereocenters. The molecule has 0 aliphatic carbocycles. The number of rotatable bonds is 2. The van der Waals surface area contributed by atoms with E-state index in [1.807, 2.05) is 13.8 Å². The van der Waals surface area contributed by atoms with Crippen LogP contribution >= 0.6 is 0 Å². The van der Waals surface area contributed by atoms with E-state index in [0.717, 1.165) is 16.6 Å². The van der Waals surface area contributed by atoms with Gasteiger partial charge in [-0.1, -0.05) is 6.92 Å². The number of phenolic OH excluding ortho intramolecular Hbond substituents is 1. The Bertz CT molecular complexity index is 526. The number of hydrogen-bond acceptors (Lipinski definition) is 2. The molecule has 0 unspecified atom stereocenters. The first kappa shape index (κ1) is 9.77. The smallest absolute Gasteiger partial charge is 0.165 e. The highest BCUT2D eigenvalue weighted by atomic mass is 16.3. The van der Waals surface area contributed by atoms with E-state index in [0.29, 0.717) is 12.0 Å². The minimum Gasteiger partial charge on any atom is -0.508 e. The van der Waals surface area contributed by atoms with Crippen molar-refractivity contribution in [2.45, 2.75) is 20.3 Å². The van der Waals surface area contributed by atoms with Crippen molar-refractivity contribution in [3.8, 4) is 5.75 Å². The van der Waals surface area contributed by atoms with Crippen LogP contribution in [0, 0.1) is 6.92 Å². The number of phenols is 1. The van der Waals surface area contributed by atoms with E-state index >= 15 is 0 Å². The molecule has 0 radical (unpaired) electrons. The Balaban J connectivity index is 2.76. The number of Topliss-reactive ketones (excluding diaryl/α,β-unsaturated/α-hetero) is 1. The Morgan fingerprint density at radius 3 is 2.87 bits per heavy atom. The Morgan fingerprint density at radius 1 is 1.47 bits per heavy atom. The van der Waals surface area contributed by atoms with Crippen molar-refractivity contribution < 1.29 is 9.90 Å². The SMILES string of the molecule is CCC(=O)c1c(C)[nH]c2ccc(O)cc12. The van der Waals surface area contributed by atoms with Gasteiger partial charge < -0.3 is 10.1 Å². The molecule has 0 saturated carbocycles. The molecule has 2 aromatic rings. The Morgan fingerprint density at radius 2 is 2.20 bits per heavy atom. The summed E-state index contributed by atoms with van der Waals surface area (Å²) in [6.07, 6.45) is 0.476. The van der Waals surface area contributed by atoms with Crippen molar-refractivity contribution in [3.05, 3.63) is 29.5 Å². The molecule has 1 aromatic heterocycles. The Kier molecular flexibility index (Phi) is 2.23. The number of ketones is 1. The fourth-order valence-corrected chi connectivity index (χ4v) is 1.85. The van der Waals surface area contributed by atoms with Gasteiger partial charge in [-0.15, -0.1) is 0 Å². The third-order valence-corrected chi connectivity index (χ3v) is 2.57. The minimum atomic E-state index is 0.101. The number of aryl methyl sites for hydroxylation is 1. The van der Waals surface area contributed by atoms with Crippen molar-refractivity contribution >= 4 is 16.7 Å². The van der Waals surface area contributed by atoms with Crippen LogP contribution in [0.2, 0.25) is 0 Å². The lowest BCUT2D eigenvalue weighted by atomic mass is 10.1. The normalized spacial score (nSPS) is 10.8. The van der Waals surface area contributed by atoms with Crippen LogP contribution in [0.4, 0.5) is 0 Å². The van der Waals surface area contributed by atoms with Crippen molar-refractivity contribution in [3.63, 3.8) is 0 Å². The highest BCUT2D eigenvalue weighted by Gasteiger charge is 2.14. The molecule has 2 rings (SSSR count). The second-order valence-corrected chi connectivity index (χ2v) is 3.63. The van der Waals surface area contributed by atoms with E-state index in [1.165, 1.54) is 0 Å². The maximum Gasteiger partial charge on any atom is 0.165 e. The third-order valence-electron chi connectivity index (χ3n) is 2.57. The van der Waals surface area contributed by atoms with Crippen LogP contribution < -0.4 is 0 Å². The number of fused-ring (bicyclic) bond motifs is 1. The highest BCUT2D eigenvalue weighted by molar-refractivity contribution is 6.09. The molecule has 0 aliphatic rings. The molecule has 0 spiro atoms. The molecule has 0 aliphatic heterocycles. The van der Waals surface area contributed by atoms with E-state index in [4.69, 9.17) is 0 Å². The van der Waals surface area contributed by atoms with Crippen LogP contribution in [-0.2, 0) is 0 Å². The van der Waals surface area contributed by atoms with Crippen molar-refractivity contribution in [1.29, 1.82) is 0 Å². The molecular formula is C12H13NO2. The number of nitrogens with one attached hydrogen (secondary N) is 1. The van der Waals surface area contributed by atoms with Crippen LogP contribution in [-0.4, -0.2) is 15.9 Å². The van der Waals surface area contributed by atoms with Crippen molar-refractivity contribution in [2.24, 2.45) is 0 Å². The van der Waals surface area contributed by atoms with Gasteiger partial charge in [0.1, 0.15) is 5.75 Å². The highest BCUT2D eigenvalue weighted by Crippen LogP contribution is 2.26. The summed E-state index contributed by atoms with van der Waals surface area (Å²) >= 11 is 0. The second-order valence-electron chi connectivity index (χ2n) is 3.63. The largest absolute Gasteiger partial charge is 0.508 e. The standard InChI is InChI=1S/C12H13NO2/c1-3-11(15)12-7(2)13-10-5-4-8(14)6-9(10)12/h4-6,13-14H,3H2,1-2H3. The second kappa shape index (κ2) is 3.42. The van der Waals surface area contributed by atoms with Gasteiger partial charge in [-0.05, 0) is 25.1 Å². The summed E-state index contributed by atoms with van der Waals surface area (Å²) in [6, 6.07) is 5.02. The number of benzene rings is 1. The predicted octanol–water partition coefficient (Wildman–Crippen LogP) is 2.77. The molecule has 1 heterocycles. The van der Waals surface area contributed by atoms with Crippen LogP contribution in [0.1, 0.15) is 29.4 Å². The van der Waals surface area contributed by atoms with E-state index in [2.05, 4.69) is 4.98 Å². The molecule has 0 fully saturated rings. The minimum absolute atomic E-state index is 0.101. The molecule has 0 saturated heterocycles. The maximum absolute atomic E-state index is 11.7. The van der Waals surface area contributed by atoms with Crippen molar-refractivity contribution in [1.82, 2.24) is 4.98 Å². The summed E-state index contributed by atoms with van der Waals surface area (Å²) < 4.78 is 0. The van der Waals surface area contributed by atoms with E-state index in [-0.39, 0.29) is 11.5 Å². The average Bonchev–Trinajstić information content (AvgIpc) is 2.52. The Hall–Kier alpha value is -1.77. The molecule has 78 valence electrons. The van der Waals surface area contributed by atoms with Gasteiger partial charge >= 0.3 is 0 Å². The number of carbonyl (C=O) groups is 1. The molecule has 3 heteroatoms. The van der Waals surface area contributed by atoms with Crippen molar-refractivity contribution in [2.75, 3.05) is 0 Å². The van der Waals surface area contributed by atoms with Gasteiger partial charge in [0.05, 0.1) is 0 Å². The van der Waals surface area contributed by atoms with E-state index in [1.54, 1.807) is 18.2 Å². The molecule has 0 amide bonds. The summed E-state index contributed by atoms with van der Waals surface area (Å²) in [5, 5.41) is 10.2. The lowest BCUT2D eigenvalue weighted by molar-refractivity contribution is 0.0989. The third kappa shape index (κ3) is 1.50. The Labute approximate surface area is 87.7 Å². The van der Waals surface area contributed by atoms with Gasteiger partial charge in [-0.25, -0.2) is 0 Å². The zero-order valence-electron chi connectivity index (χ0n) is 8.79. The molecule has 0 bridgehead atoms. The van der Waals surface area contributed by atoms with Crippen LogP contribution in [0.15, 0.2) is 18.2 Å². The van der Waals surface area contributed by atoms with Gasteiger partial charge in [-0.3, -0.25) is 4.79 Å². The number of hydrogen-bond donors (Lipinski definition) is 2. The van der Waals surface area contributed by atoms with Crippen LogP contribution in [0.25, 0.3) is 10.9 Å². The number of carbonyl (C=O) groups excluding carboxylic acids is 1. The zero-order chi connectivity index (χ0) is 11.0. The molecule has 1 aromatic carbocycles. The zero-order valence-corrected chi connectivity index (χ0v) is 8.79. The lowest BCUT2D eigenvalue weighted by Crippen LogP contribution is -1.97. The first-order valence-corrected chi connectivity index (χ1v) is 4.98. The van der Waals surface area contributed by atoms with Gasteiger partial charge in [0, 0.05) is 28.6 Å². The fraction of sp³-hybridized carbons (Fsp3) is 0.250. The van der Waals surface area contributed by atoms with Gasteiger partial charge in [0.2, 0.25) is 0 Å². The average molecular weight is 203 g/mol. The number of aromatic hydroxyl groups is 1. The predicted molar refractivity (Wildman–Crippen MR) is 59.3 cm³/mol. The summed E-state index contributed by atoms with van der Waals surface area (Å²) in [5.74, 6) is 0.288. The first-order chi connectivity index (χ1) is 7.13. The van der Waals surface area contributed by atoms with E-state index < -0.39 is 0 Å². The van der Waals surface area contributed by atoms with E-state index in [9.17, 15) is 9.90 Å². The summed E-state index contributed by atoms with van der Waals surface area (Å²) in [5.41, 5.74) is 2.45. The van der Waals surface area contributed by atoms with Gasteiger partial charge in [-0.2, -0.15) is 0 Å².